The molecule has 0 radical (unpaired) electrons. The Labute approximate surface area is 157 Å². The number of hydrogen-bond acceptors (Lipinski definition) is 4. The molecular weight excluding hydrogens is 354 g/mol. The summed E-state index contributed by atoms with van der Waals surface area (Å²) in [5, 5.41) is 3.42. The first kappa shape index (κ1) is 17.2. The summed E-state index contributed by atoms with van der Waals surface area (Å²) in [6, 6.07) is 12.9. The number of rotatable bonds is 5. The van der Waals surface area contributed by atoms with Gasteiger partial charge in [0, 0.05) is 18.1 Å². The van der Waals surface area contributed by atoms with Crippen LogP contribution in [0.5, 0.6) is 11.5 Å². The van der Waals surface area contributed by atoms with E-state index in [-0.39, 0.29) is 12.0 Å². The van der Waals surface area contributed by atoms with E-state index in [1.807, 2.05) is 24.3 Å². The predicted molar refractivity (Wildman–Crippen MR) is 99.1 cm³/mol. The number of anilines is 1. The first-order valence-corrected chi connectivity index (χ1v) is 9.16. The number of ether oxygens (including phenoxy) is 3. The Bertz CT molecular complexity index is 779. The lowest BCUT2D eigenvalue weighted by atomic mass is 10.1. The average molecular weight is 374 g/mol. The molecule has 1 fully saturated rings. The van der Waals surface area contributed by atoms with Crippen LogP contribution in [0.2, 0.25) is 5.02 Å². The number of hydrogen-bond donors (Lipinski definition) is 1. The maximum absolute atomic E-state index is 12.6. The highest BCUT2D eigenvalue weighted by Gasteiger charge is 2.29. The van der Waals surface area contributed by atoms with Crippen LogP contribution in [0.25, 0.3) is 0 Å². The largest absolute Gasteiger partial charge is 0.489 e. The summed E-state index contributed by atoms with van der Waals surface area (Å²) in [5.74, 6) is 1.12. The number of carbonyl (C=O) groups excluding carboxylic acids is 1. The second-order valence-corrected chi connectivity index (χ2v) is 6.93. The number of nitrogens with one attached hydrogen (secondary N) is 1. The molecule has 1 amide bonds. The maximum atomic E-state index is 12.6. The highest BCUT2D eigenvalue weighted by Crippen LogP contribution is 2.32. The van der Waals surface area contributed by atoms with Crippen LogP contribution in [0.3, 0.4) is 0 Å². The van der Waals surface area contributed by atoms with E-state index in [0.29, 0.717) is 29.5 Å². The lowest BCUT2D eigenvalue weighted by Crippen LogP contribution is -2.31. The monoisotopic (exact) mass is 373 g/mol. The van der Waals surface area contributed by atoms with E-state index in [1.54, 1.807) is 18.2 Å². The van der Waals surface area contributed by atoms with Crippen LogP contribution in [-0.2, 0) is 16.0 Å². The fourth-order valence-corrected chi connectivity index (χ4v) is 3.40. The molecule has 2 aromatic rings. The fourth-order valence-electron chi connectivity index (χ4n) is 3.23. The number of carbonyl (C=O) groups is 1. The molecule has 2 unspecified atom stereocenters. The van der Waals surface area contributed by atoms with Crippen molar-refractivity contribution in [1.82, 2.24) is 0 Å². The highest BCUT2D eigenvalue weighted by atomic mass is 35.5. The summed E-state index contributed by atoms with van der Waals surface area (Å²) in [5.41, 5.74) is 1.58. The lowest BCUT2D eigenvalue weighted by molar-refractivity contribution is -0.122. The molecule has 136 valence electrons. The van der Waals surface area contributed by atoms with Gasteiger partial charge in [0.1, 0.15) is 18.1 Å². The van der Waals surface area contributed by atoms with Crippen LogP contribution >= 0.6 is 11.6 Å². The SMILES string of the molecule is O=C(Nc1cc(Cl)ccc1OCC1CCCO1)C1Cc2ccccc2O1. The van der Waals surface area contributed by atoms with E-state index in [9.17, 15) is 4.79 Å². The smallest absolute Gasteiger partial charge is 0.265 e. The van der Waals surface area contributed by atoms with Crippen LogP contribution in [-0.4, -0.2) is 31.3 Å². The highest BCUT2D eigenvalue weighted by molar-refractivity contribution is 6.31. The standard InChI is InChI=1S/C20H20ClNO4/c21-14-7-8-18(25-12-15-5-3-9-24-15)16(11-14)22-20(23)19-10-13-4-1-2-6-17(13)26-19/h1-2,4,6-8,11,15,19H,3,5,9-10,12H2,(H,22,23). The first-order valence-electron chi connectivity index (χ1n) is 8.78. The molecule has 2 aromatic carbocycles. The van der Waals surface area contributed by atoms with E-state index >= 15 is 0 Å². The molecule has 0 spiro atoms. The van der Waals surface area contributed by atoms with Gasteiger partial charge in [-0.25, -0.2) is 0 Å². The summed E-state index contributed by atoms with van der Waals surface area (Å²) in [6.45, 7) is 1.23. The number of benzene rings is 2. The second kappa shape index (κ2) is 7.56. The molecule has 1 N–H and O–H groups in total. The maximum Gasteiger partial charge on any atom is 0.265 e. The summed E-state index contributed by atoms with van der Waals surface area (Å²) in [7, 11) is 0. The van der Waals surface area contributed by atoms with Crippen LogP contribution in [0.1, 0.15) is 18.4 Å². The molecule has 0 bridgehead atoms. The Hall–Kier alpha value is -2.24. The molecule has 0 saturated carbocycles. The van der Waals surface area contributed by atoms with Gasteiger partial charge >= 0.3 is 0 Å². The normalized spacial score (nSPS) is 21.1. The topological polar surface area (TPSA) is 56.8 Å². The predicted octanol–water partition coefficient (Wildman–Crippen LogP) is 3.84. The quantitative estimate of drug-likeness (QED) is 0.865. The van der Waals surface area contributed by atoms with E-state index in [4.69, 9.17) is 25.8 Å². The number of amides is 1. The molecule has 2 heterocycles. The van der Waals surface area contributed by atoms with Crippen molar-refractivity contribution >= 4 is 23.2 Å². The zero-order chi connectivity index (χ0) is 17.9. The van der Waals surface area contributed by atoms with E-state index < -0.39 is 6.10 Å². The fraction of sp³-hybridized carbons (Fsp3) is 0.350. The minimum Gasteiger partial charge on any atom is -0.489 e. The third kappa shape index (κ3) is 3.79. The van der Waals surface area contributed by atoms with E-state index in [0.717, 1.165) is 30.8 Å². The van der Waals surface area contributed by atoms with Gasteiger partial charge in [-0.05, 0) is 42.7 Å². The zero-order valence-electron chi connectivity index (χ0n) is 14.2. The van der Waals surface area contributed by atoms with Crippen molar-refractivity contribution in [2.24, 2.45) is 0 Å². The second-order valence-electron chi connectivity index (χ2n) is 6.49. The minimum atomic E-state index is -0.558. The van der Waals surface area contributed by atoms with Crippen LogP contribution in [0, 0.1) is 0 Å². The Morgan fingerprint density at radius 3 is 2.96 bits per heavy atom. The Morgan fingerprint density at radius 1 is 1.27 bits per heavy atom. The molecule has 6 heteroatoms. The number of halogens is 1. The third-order valence-electron chi connectivity index (χ3n) is 4.59. The van der Waals surface area contributed by atoms with Crippen molar-refractivity contribution in [3.8, 4) is 11.5 Å². The van der Waals surface area contributed by atoms with Gasteiger partial charge in [0.15, 0.2) is 6.10 Å². The van der Waals surface area contributed by atoms with Gasteiger partial charge in [-0.15, -0.1) is 0 Å². The van der Waals surface area contributed by atoms with Crippen molar-refractivity contribution in [3.63, 3.8) is 0 Å². The minimum absolute atomic E-state index is 0.0990. The molecule has 0 aliphatic carbocycles. The summed E-state index contributed by atoms with van der Waals surface area (Å²) in [6.07, 6.45) is 2.13. The first-order chi connectivity index (χ1) is 12.7. The molecule has 2 atom stereocenters. The van der Waals surface area contributed by atoms with Crippen LogP contribution in [0.4, 0.5) is 5.69 Å². The van der Waals surface area contributed by atoms with Crippen molar-refractivity contribution in [2.45, 2.75) is 31.5 Å². The molecule has 5 nitrogen and oxygen atoms in total. The zero-order valence-corrected chi connectivity index (χ0v) is 15.0. The van der Waals surface area contributed by atoms with Crippen molar-refractivity contribution in [1.29, 1.82) is 0 Å². The summed E-state index contributed by atoms with van der Waals surface area (Å²) in [4.78, 5) is 12.6. The van der Waals surface area contributed by atoms with Gasteiger partial charge in [0.05, 0.1) is 11.8 Å². The molecule has 26 heavy (non-hydrogen) atoms. The van der Waals surface area contributed by atoms with Gasteiger partial charge in [-0.2, -0.15) is 0 Å². The summed E-state index contributed by atoms with van der Waals surface area (Å²) >= 11 is 6.10. The Balaban J connectivity index is 1.43. The van der Waals surface area contributed by atoms with Crippen LogP contribution in [0.15, 0.2) is 42.5 Å². The van der Waals surface area contributed by atoms with Crippen LogP contribution < -0.4 is 14.8 Å². The Kier molecular flexibility index (Phi) is 5.00. The molecule has 4 rings (SSSR count). The lowest BCUT2D eigenvalue weighted by Gasteiger charge is -2.17. The van der Waals surface area contributed by atoms with E-state index in [2.05, 4.69) is 5.32 Å². The molecular formula is C20H20ClNO4. The van der Waals surface area contributed by atoms with Crippen molar-refractivity contribution < 1.29 is 19.0 Å². The third-order valence-corrected chi connectivity index (χ3v) is 4.82. The molecule has 2 aliphatic heterocycles. The molecule has 0 aromatic heterocycles. The van der Waals surface area contributed by atoms with Gasteiger partial charge in [-0.3, -0.25) is 4.79 Å². The van der Waals surface area contributed by atoms with Gasteiger partial charge in [0.25, 0.3) is 5.91 Å². The number of fused-ring (bicyclic) bond motifs is 1. The van der Waals surface area contributed by atoms with Gasteiger partial charge in [-0.1, -0.05) is 29.8 Å². The molecule has 1 saturated heterocycles. The van der Waals surface area contributed by atoms with Gasteiger partial charge < -0.3 is 19.5 Å². The molecule has 2 aliphatic rings. The number of para-hydroxylation sites is 1. The van der Waals surface area contributed by atoms with E-state index in [1.165, 1.54) is 0 Å². The Morgan fingerprint density at radius 2 is 2.15 bits per heavy atom. The van der Waals surface area contributed by atoms with Crippen molar-refractivity contribution in [2.75, 3.05) is 18.5 Å². The van der Waals surface area contributed by atoms with Crippen molar-refractivity contribution in [3.05, 3.63) is 53.1 Å². The average Bonchev–Trinajstić information content (AvgIpc) is 3.30. The summed E-state index contributed by atoms with van der Waals surface area (Å²) < 4.78 is 17.2. The van der Waals surface area contributed by atoms with Gasteiger partial charge in [0.2, 0.25) is 0 Å².